The summed E-state index contributed by atoms with van der Waals surface area (Å²) in [4.78, 5) is 13.2. The summed E-state index contributed by atoms with van der Waals surface area (Å²) in [6.07, 6.45) is -4.43. The molecular formula is C13H18ClF3N2O2. The van der Waals surface area contributed by atoms with Gasteiger partial charge in [-0.05, 0) is 5.56 Å². The zero-order valence-electron chi connectivity index (χ0n) is 11.3. The minimum Gasteiger partial charge on any atom is -0.362 e. The van der Waals surface area contributed by atoms with E-state index in [9.17, 15) is 18.0 Å². The first kappa shape index (κ1) is 19.7. The average molecular weight is 327 g/mol. The Morgan fingerprint density at radius 2 is 1.86 bits per heavy atom. The van der Waals surface area contributed by atoms with E-state index in [0.717, 1.165) is 5.56 Å². The van der Waals surface area contributed by atoms with Gasteiger partial charge in [-0.25, -0.2) is 0 Å². The van der Waals surface area contributed by atoms with Gasteiger partial charge < -0.3 is 15.4 Å². The Labute approximate surface area is 127 Å². The van der Waals surface area contributed by atoms with Gasteiger partial charge >= 0.3 is 6.18 Å². The first-order chi connectivity index (χ1) is 9.42. The SMILES string of the molecule is Cl.NCCN(Cc1ccccc1)C(=O)COCC(F)(F)F. The molecule has 0 bridgehead atoms. The number of carbonyl (C=O) groups excluding carboxylic acids is 1. The molecule has 0 unspecified atom stereocenters. The molecular weight excluding hydrogens is 309 g/mol. The molecule has 0 atom stereocenters. The molecule has 0 spiro atoms. The van der Waals surface area contributed by atoms with Crippen molar-refractivity contribution in [3.63, 3.8) is 0 Å². The third-order valence-electron chi connectivity index (χ3n) is 2.46. The lowest BCUT2D eigenvalue weighted by molar-refractivity contribution is -0.178. The molecule has 4 nitrogen and oxygen atoms in total. The normalized spacial score (nSPS) is 10.9. The molecule has 0 aliphatic heterocycles. The van der Waals surface area contributed by atoms with Crippen LogP contribution in [0.15, 0.2) is 30.3 Å². The highest BCUT2D eigenvalue weighted by molar-refractivity contribution is 5.85. The van der Waals surface area contributed by atoms with Gasteiger partial charge in [-0.15, -0.1) is 12.4 Å². The van der Waals surface area contributed by atoms with Gasteiger partial charge in [0, 0.05) is 19.6 Å². The molecule has 0 saturated carbocycles. The number of rotatable bonds is 7. The third kappa shape index (κ3) is 8.54. The maximum atomic E-state index is 11.9. The van der Waals surface area contributed by atoms with Crippen LogP contribution >= 0.6 is 12.4 Å². The van der Waals surface area contributed by atoms with Gasteiger partial charge in [-0.2, -0.15) is 13.2 Å². The van der Waals surface area contributed by atoms with Gasteiger partial charge in [0.15, 0.2) is 0 Å². The lowest BCUT2D eigenvalue weighted by Gasteiger charge is -2.22. The predicted octanol–water partition coefficient (Wildman–Crippen LogP) is 1.97. The van der Waals surface area contributed by atoms with Crippen molar-refractivity contribution >= 4 is 18.3 Å². The summed E-state index contributed by atoms with van der Waals surface area (Å²) in [7, 11) is 0. The molecule has 1 rings (SSSR count). The van der Waals surface area contributed by atoms with E-state index in [4.69, 9.17) is 5.73 Å². The smallest absolute Gasteiger partial charge is 0.362 e. The van der Waals surface area contributed by atoms with E-state index in [2.05, 4.69) is 4.74 Å². The Hall–Kier alpha value is -1.31. The molecule has 120 valence electrons. The van der Waals surface area contributed by atoms with Crippen LogP contribution in [0.4, 0.5) is 13.2 Å². The number of hydrogen-bond acceptors (Lipinski definition) is 3. The standard InChI is InChI=1S/C13H17F3N2O2.ClH/c14-13(15,16)10-20-9-12(19)18(7-6-17)8-11-4-2-1-3-5-11;/h1-5H,6-10,17H2;1H. The minimum atomic E-state index is -4.43. The van der Waals surface area contributed by atoms with E-state index in [-0.39, 0.29) is 25.5 Å². The van der Waals surface area contributed by atoms with Crippen LogP contribution in [-0.2, 0) is 16.1 Å². The molecule has 0 aliphatic rings. The van der Waals surface area contributed by atoms with Crippen molar-refractivity contribution < 1.29 is 22.7 Å². The van der Waals surface area contributed by atoms with Crippen LogP contribution in [0.2, 0.25) is 0 Å². The summed E-state index contributed by atoms with van der Waals surface area (Å²) in [5, 5.41) is 0. The summed E-state index contributed by atoms with van der Waals surface area (Å²) in [5.41, 5.74) is 6.28. The third-order valence-corrected chi connectivity index (χ3v) is 2.46. The number of carbonyl (C=O) groups is 1. The molecule has 0 saturated heterocycles. The Kier molecular flexibility index (Phi) is 9.00. The Balaban J connectivity index is 0.00000400. The van der Waals surface area contributed by atoms with Gasteiger partial charge in [0.2, 0.25) is 5.91 Å². The van der Waals surface area contributed by atoms with Crippen LogP contribution in [-0.4, -0.2) is 43.3 Å². The van der Waals surface area contributed by atoms with Gasteiger partial charge in [0.1, 0.15) is 13.2 Å². The first-order valence-electron chi connectivity index (χ1n) is 6.08. The zero-order valence-corrected chi connectivity index (χ0v) is 12.1. The van der Waals surface area contributed by atoms with Gasteiger partial charge in [0.05, 0.1) is 0 Å². The van der Waals surface area contributed by atoms with E-state index in [1.54, 1.807) is 0 Å². The number of halogens is 4. The summed E-state index contributed by atoms with van der Waals surface area (Å²) < 4.78 is 40.2. The van der Waals surface area contributed by atoms with Crippen molar-refractivity contribution in [2.24, 2.45) is 5.73 Å². The van der Waals surface area contributed by atoms with Crippen LogP contribution in [0.1, 0.15) is 5.56 Å². The fourth-order valence-corrected chi connectivity index (χ4v) is 1.60. The van der Waals surface area contributed by atoms with Crippen LogP contribution in [0, 0.1) is 0 Å². The molecule has 1 aromatic carbocycles. The van der Waals surface area contributed by atoms with Crippen LogP contribution in [0.3, 0.4) is 0 Å². The maximum absolute atomic E-state index is 11.9. The fraction of sp³-hybridized carbons (Fsp3) is 0.462. The van der Waals surface area contributed by atoms with Crippen LogP contribution in [0.25, 0.3) is 0 Å². The summed E-state index contributed by atoms with van der Waals surface area (Å²) >= 11 is 0. The van der Waals surface area contributed by atoms with E-state index >= 15 is 0 Å². The first-order valence-corrected chi connectivity index (χ1v) is 6.08. The van der Waals surface area contributed by atoms with Gasteiger partial charge in [0.25, 0.3) is 0 Å². The van der Waals surface area contributed by atoms with Crippen molar-refractivity contribution in [3.05, 3.63) is 35.9 Å². The largest absolute Gasteiger partial charge is 0.411 e. The highest BCUT2D eigenvalue weighted by Crippen LogP contribution is 2.14. The van der Waals surface area contributed by atoms with Crippen LogP contribution in [0.5, 0.6) is 0 Å². The maximum Gasteiger partial charge on any atom is 0.411 e. The topological polar surface area (TPSA) is 55.6 Å². The Morgan fingerprint density at radius 1 is 1.24 bits per heavy atom. The number of benzene rings is 1. The number of amides is 1. The number of alkyl halides is 3. The molecule has 1 aromatic rings. The molecule has 0 fully saturated rings. The molecule has 1 amide bonds. The monoisotopic (exact) mass is 326 g/mol. The lowest BCUT2D eigenvalue weighted by Crippen LogP contribution is -2.38. The van der Waals surface area contributed by atoms with Crippen molar-refractivity contribution in [1.82, 2.24) is 4.90 Å². The summed E-state index contributed by atoms with van der Waals surface area (Å²) in [6, 6.07) is 9.13. The quantitative estimate of drug-likeness (QED) is 0.833. The minimum absolute atomic E-state index is 0. The molecule has 0 heterocycles. The number of nitrogens with zero attached hydrogens (tertiary/aromatic N) is 1. The van der Waals surface area contributed by atoms with E-state index in [0.29, 0.717) is 6.54 Å². The molecule has 0 aliphatic carbocycles. The number of hydrogen-bond donors (Lipinski definition) is 1. The molecule has 0 aromatic heterocycles. The fourth-order valence-electron chi connectivity index (χ4n) is 1.60. The lowest BCUT2D eigenvalue weighted by atomic mass is 10.2. The number of nitrogens with two attached hydrogens (primary N) is 1. The molecule has 21 heavy (non-hydrogen) atoms. The molecule has 2 N–H and O–H groups in total. The second-order valence-corrected chi connectivity index (χ2v) is 4.20. The average Bonchev–Trinajstić information content (AvgIpc) is 2.38. The van der Waals surface area contributed by atoms with Gasteiger partial charge in [-0.3, -0.25) is 4.79 Å². The van der Waals surface area contributed by atoms with E-state index < -0.39 is 25.3 Å². The zero-order chi connectivity index (χ0) is 15.0. The van der Waals surface area contributed by atoms with Crippen molar-refractivity contribution in [1.29, 1.82) is 0 Å². The highest BCUT2D eigenvalue weighted by atomic mass is 35.5. The molecule has 0 radical (unpaired) electrons. The predicted molar refractivity (Wildman–Crippen MR) is 75.0 cm³/mol. The van der Waals surface area contributed by atoms with Crippen molar-refractivity contribution in [3.8, 4) is 0 Å². The van der Waals surface area contributed by atoms with Gasteiger partial charge in [-0.1, -0.05) is 30.3 Å². The van der Waals surface area contributed by atoms with E-state index in [1.165, 1.54) is 4.90 Å². The van der Waals surface area contributed by atoms with Crippen LogP contribution < -0.4 is 5.73 Å². The number of ether oxygens (including phenoxy) is 1. The summed E-state index contributed by atoms with van der Waals surface area (Å²) in [5.74, 6) is -0.511. The highest BCUT2D eigenvalue weighted by Gasteiger charge is 2.28. The van der Waals surface area contributed by atoms with Crippen molar-refractivity contribution in [2.45, 2.75) is 12.7 Å². The summed E-state index contributed by atoms with van der Waals surface area (Å²) in [6.45, 7) is -1.24. The van der Waals surface area contributed by atoms with Crippen molar-refractivity contribution in [2.75, 3.05) is 26.3 Å². The molecule has 8 heteroatoms. The second-order valence-electron chi connectivity index (χ2n) is 4.20. The second kappa shape index (κ2) is 9.59. The van der Waals surface area contributed by atoms with E-state index in [1.807, 2.05) is 30.3 Å². The Morgan fingerprint density at radius 3 is 2.38 bits per heavy atom. The Bertz CT molecular complexity index is 416.